The van der Waals surface area contributed by atoms with Crippen molar-refractivity contribution in [2.75, 3.05) is 11.1 Å². The summed E-state index contributed by atoms with van der Waals surface area (Å²) in [4.78, 5) is 3.90. The Morgan fingerprint density at radius 3 is 2.76 bits per heavy atom. The topological polar surface area (TPSA) is 50.9 Å². The summed E-state index contributed by atoms with van der Waals surface area (Å²) in [5, 5.41) is 3.56. The molecule has 2 aromatic rings. The van der Waals surface area contributed by atoms with E-state index in [4.69, 9.17) is 5.73 Å². The number of nitrogens with two attached hydrogens (primary N) is 1. The van der Waals surface area contributed by atoms with Crippen LogP contribution in [0.4, 0.5) is 15.9 Å². The Labute approximate surface area is 124 Å². The third kappa shape index (κ3) is 2.58. The zero-order chi connectivity index (χ0) is 15.2. The van der Waals surface area contributed by atoms with E-state index in [1.165, 1.54) is 11.6 Å². The minimum atomic E-state index is -0.475. The fourth-order valence-corrected chi connectivity index (χ4v) is 3.16. The average Bonchev–Trinajstić information content (AvgIpc) is 2.40. The molecule has 0 bridgehead atoms. The number of nitrogen functional groups attached to an aromatic ring is 1. The molecule has 3 N–H and O–H groups in total. The number of nitrogens with one attached hydrogen (secondary N) is 1. The number of hydrogen-bond donors (Lipinski definition) is 2. The van der Waals surface area contributed by atoms with Gasteiger partial charge in [-0.05, 0) is 55.5 Å². The quantitative estimate of drug-likeness (QED) is 0.827. The molecular weight excluding hydrogens is 265 g/mol. The predicted molar refractivity (Wildman–Crippen MR) is 84.8 cm³/mol. The number of pyridine rings is 1. The Morgan fingerprint density at radius 2 is 2.05 bits per heavy atom. The van der Waals surface area contributed by atoms with Crippen LogP contribution in [0, 0.1) is 5.82 Å². The van der Waals surface area contributed by atoms with Crippen molar-refractivity contribution in [3.63, 3.8) is 0 Å². The monoisotopic (exact) mass is 285 g/mol. The highest BCUT2D eigenvalue weighted by atomic mass is 19.1. The molecule has 0 saturated carbocycles. The van der Waals surface area contributed by atoms with Crippen molar-refractivity contribution in [1.29, 1.82) is 0 Å². The summed E-state index contributed by atoms with van der Waals surface area (Å²) in [6.07, 6.45) is 2.68. The van der Waals surface area contributed by atoms with Crippen LogP contribution in [-0.4, -0.2) is 10.5 Å². The number of hydrogen-bond acceptors (Lipinski definition) is 3. The summed E-state index contributed by atoms with van der Waals surface area (Å²) in [7, 11) is 0. The van der Waals surface area contributed by atoms with E-state index < -0.39 is 5.82 Å². The van der Waals surface area contributed by atoms with E-state index in [1.807, 2.05) is 6.07 Å². The summed E-state index contributed by atoms with van der Waals surface area (Å²) >= 11 is 0. The van der Waals surface area contributed by atoms with Crippen molar-refractivity contribution in [2.45, 2.75) is 38.6 Å². The zero-order valence-corrected chi connectivity index (χ0v) is 12.6. The van der Waals surface area contributed by atoms with Crippen molar-refractivity contribution in [1.82, 2.24) is 4.98 Å². The Bertz CT molecular complexity index is 694. The standard InChI is InChI=1S/C17H20FN3/c1-10-8-17(2,3)21-15-5-4-11(6-13(10)15)12-7-14(18)16(19)20-9-12/h4-7,9-10,21H,8H2,1-3H3,(H2,19,20). The SMILES string of the molecule is CC1CC(C)(C)Nc2ccc(-c3cnc(N)c(F)c3)cc21. The lowest BCUT2D eigenvalue weighted by molar-refractivity contribution is 0.454. The molecule has 1 aromatic carbocycles. The van der Waals surface area contributed by atoms with E-state index in [1.54, 1.807) is 6.20 Å². The van der Waals surface area contributed by atoms with Gasteiger partial charge in [-0.3, -0.25) is 0 Å². The van der Waals surface area contributed by atoms with Crippen molar-refractivity contribution in [3.05, 3.63) is 41.8 Å². The minimum Gasteiger partial charge on any atom is -0.381 e. The third-order valence-electron chi connectivity index (χ3n) is 4.08. The molecule has 0 spiro atoms. The van der Waals surface area contributed by atoms with Crippen LogP contribution in [0.25, 0.3) is 11.1 Å². The maximum atomic E-state index is 13.6. The second-order valence-corrected chi connectivity index (χ2v) is 6.51. The van der Waals surface area contributed by atoms with Gasteiger partial charge in [0.1, 0.15) is 0 Å². The second-order valence-electron chi connectivity index (χ2n) is 6.51. The molecule has 1 aliphatic rings. The smallest absolute Gasteiger partial charge is 0.165 e. The minimum absolute atomic E-state index is 0.0616. The van der Waals surface area contributed by atoms with Gasteiger partial charge in [-0.25, -0.2) is 9.37 Å². The summed E-state index contributed by atoms with van der Waals surface area (Å²) in [5.41, 5.74) is 9.68. The van der Waals surface area contributed by atoms with Gasteiger partial charge in [-0.1, -0.05) is 13.0 Å². The van der Waals surface area contributed by atoms with E-state index in [0.717, 1.165) is 23.2 Å². The number of rotatable bonds is 1. The molecule has 110 valence electrons. The maximum Gasteiger partial charge on any atom is 0.165 e. The van der Waals surface area contributed by atoms with E-state index in [0.29, 0.717) is 5.92 Å². The van der Waals surface area contributed by atoms with Crippen LogP contribution < -0.4 is 11.1 Å². The number of benzene rings is 1. The van der Waals surface area contributed by atoms with Crippen LogP contribution in [0.15, 0.2) is 30.5 Å². The number of anilines is 2. The molecule has 0 amide bonds. The molecule has 1 aromatic heterocycles. The van der Waals surface area contributed by atoms with E-state index in [9.17, 15) is 4.39 Å². The molecule has 4 heteroatoms. The molecule has 0 saturated heterocycles. The van der Waals surface area contributed by atoms with Gasteiger partial charge in [-0.2, -0.15) is 0 Å². The molecule has 21 heavy (non-hydrogen) atoms. The molecule has 0 radical (unpaired) electrons. The second kappa shape index (κ2) is 4.72. The summed E-state index contributed by atoms with van der Waals surface area (Å²) < 4.78 is 13.6. The maximum absolute atomic E-state index is 13.6. The molecule has 1 aliphatic heterocycles. The molecule has 1 unspecified atom stereocenters. The van der Waals surface area contributed by atoms with Crippen LogP contribution in [0.1, 0.15) is 38.7 Å². The summed E-state index contributed by atoms with van der Waals surface area (Å²) in [6, 6.07) is 7.62. The van der Waals surface area contributed by atoms with Gasteiger partial charge in [0.25, 0.3) is 0 Å². The van der Waals surface area contributed by atoms with Crippen molar-refractivity contribution < 1.29 is 4.39 Å². The summed E-state index contributed by atoms with van der Waals surface area (Å²) in [6.45, 7) is 6.65. The predicted octanol–water partition coefficient (Wildman–Crippen LogP) is 4.17. The lowest BCUT2D eigenvalue weighted by Crippen LogP contribution is -2.36. The molecule has 1 atom stereocenters. The van der Waals surface area contributed by atoms with E-state index in [2.05, 4.69) is 43.2 Å². The van der Waals surface area contributed by atoms with Crippen molar-refractivity contribution >= 4 is 11.5 Å². The number of fused-ring (bicyclic) bond motifs is 1. The fraction of sp³-hybridized carbons (Fsp3) is 0.353. The molecule has 3 nitrogen and oxygen atoms in total. The molecule has 3 rings (SSSR count). The number of aromatic nitrogens is 1. The Kier molecular flexibility index (Phi) is 3.12. The van der Waals surface area contributed by atoms with Gasteiger partial charge in [0.2, 0.25) is 0 Å². The van der Waals surface area contributed by atoms with Crippen LogP contribution in [0.2, 0.25) is 0 Å². The number of nitrogens with zero attached hydrogens (tertiary/aromatic N) is 1. The fourth-order valence-electron chi connectivity index (χ4n) is 3.16. The first-order chi connectivity index (χ1) is 9.85. The Balaban J connectivity index is 2.03. The van der Waals surface area contributed by atoms with Crippen LogP contribution in [0.5, 0.6) is 0 Å². The first-order valence-corrected chi connectivity index (χ1v) is 7.19. The molecule has 0 aliphatic carbocycles. The van der Waals surface area contributed by atoms with Gasteiger partial charge >= 0.3 is 0 Å². The summed E-state index contributed by atoms with van der Waals surface area (Å²) in [5.74, 6) is -0.0752. The Hall–Kier alpha value is -2.10. The van der Waals surface area contributed by atoms with Gasteiger partial charge < -0.3 is 11.1 Å². The van der Waals surface area contributed by atoms with Crippen LogP contribution >= 0.6 is 0 Å². The highest BCUT2D eigenvalue weighted by Gasteiger charge is 2.29. The van der Waals surface area contributed by atoms with Crippen molar-refractivity contribution in [3.8, 4) is 11.1 Å². The lowest BCUT2D eigenvalue weighted by atomic mass is 9.81. The first-order valence-electron chi connectivity index (χ1n) is 7.19. The first kappa shape index (κ1) is 13.9. The number of halogens is 1. The Morgan fingerprint density at radius 1 is 1.29 bits per heavy atom. The van der Waals surface area contributed by atoms with Gasteiger partial charge in [0.05, 0.1) is 0 Å². The van der Waals surface area contributed by atoms with Gasteiger partial charge in [-0.15, -0.1) is 0 Å². The average molecular weight is 285 g/mol. The molecular formula is C17H20FN3. The highest BCUT2D eigenvalue weighted by molar-refractivity contribution is 5.70. The van der Waals surface area contributed by atoms with Crippen LogP contribution in [-0.2, 0) is 0 Å². The van der Waals surface area contributed by atoms with Gasteiger partial charge in [0, 0.05) is 23.0 Å². The van der Waals surface area contributed by atoms with E-state index >= 15 is 0 Å². The van der Waals surface area contributed by atoms with Crippen LogP contribution in [0.3, 0.4) is 0 Å². The van der Waals surface area contributed by atoms with Gasteiger partial charge in [0.15, 0.2) is 11.6 Å². The zero-order valence-electron chi connectivity index (χ0n) is 12.6. The van der Waals surface area contributed by atoms with E-state index in [-0.39, 0.29) is 11.4 Å². The highest BCUT2D eigenvalue weighted by Crippen LogP contribution is 2.40. The molecule has 2 heterocycles. The normalized spacial score (nSPS) is 19.7. The molecule has 0 fully saturated rings. The van der Waals surface area contributed by atoms with Crippen molar-refractivity contribution in [2.24, 2.45) is 0 Å². The lowest BCUT2D eigenvalue weighted by Gasteiger charge is -2.37. The third-order valence-corrected chi connectivity index (χ3v) is 4.08. The largest absolute Gasteiger partial charge is 0.381 e.